The molecule has 8 heteroatoms. The van der Waals surface area contributed by atoms with Crippen molar-refractivity contribution in [2.24, 2.45) is 0 Å². The van der Waals surface area contributed by atoms with Crippen molar-refractivity contribution in [1.29, 1.82) is 0 Å². The number of hydrogen-bond donors (Lipinski definition) is 1. The van der Waals surface area contributed by atoms with Gasteiger partial charge in [0.05, 0.1) is 10.2 Å². The van der Waals surface area contributed by atoms with Gasteiger partial charge in [0, 0.05) is 29.5 Å². The minimum absolute atomic E-state index is 0.154. The minimum Gasteiger partial charge on any atom is -0.486 e. The second-order valence-corrected chi connectivity index (χ2v) is 8.55. The number of anilines is 1. The van der Waals surface area contributed by atoms with Gasteiger partial charge < -0.3 is 19.2 Å². The zero-order valence-electron chi connectivity index (χ0n) is 17.1. The zero-order valence-corrected chi connectivity index (χ0v) is 17.9. The molecular weight excluding hydrogens is 416 g/mol. The number of amides is 1. The number of hydrogen-bond acceptors (Lipinski definition) is 7. The molecule has 0 saturated carbocycles. The summed E-state index contributed by atoms with van der Waals surface area (Å²) in [5.74, 6) is 1.14. The number of fused-ring (bicyclic) bond motifs is 3. The number of thiazole rings is 1. The monoisotopic (exact) mass is 436 g/mol. The van der Waals surface area contributed by atoms with E-state index >= 15 is 0 Å². The average molecular weight is 436 g/mol. The molecule has 1 amide bonds. The maximum Gasteiger partial charge on any atom is 0.339 e. The SMILES string of the molecule is Cc1ccc2c(C)c(CCC(=O)Nc3nc4cc5c(cc4s3)OCCO5)c(=O)oc2c1. The molecule has 0 saturated heterocycles. The lowest BCUT2D eigenvalue weighted by atomic mass is 10.0. The summed E-state index contributed by atoms with van der Waals surface area (Å²) in [7, 11) is 0. The Bertz CT molecular complexity index is 1350. The van der Waals surface area contributed by atoms with Crippen molar-refractivity contribution < 1.29 is 18.7 Å². The molecule has 2 aromatic heterocycles. The van der Waals surface area contributed by atoms with E-state index in [0.29, 0.717) is 47.4 Å². The lowest BCUT2D eigenvalue weighted by Crippen LogP contribution is -2.16. The fourth-order valence-corrected chi connectivity index (χ4v) is 4.62. The smallest absolute Gasteiger partial charge is 0.339 e. The maximum atomic E-state index is 12.5. The molecule has 1 aliphatic rings. The number of aryl methyl sites for hydroxylation is 2. The molecule has 7 nitrogen and oxygen atoms in total. The highest BCUT2D eigenvalue weighted by Gasteiger charge is 2.17. The van der Waals surface area contributed by atoms with E-state index in [-0.39, 0.29) is 12.3 Å². The van der Waals surface area contributed by atoms with Crippen LogP contribution in [0.5, 0.6) is 11.5 Å². The highest BCUT2D eigenvalue weighted by Crippen LogP contribution is 2.37. The number of aromatic nitrogens is 1. The summed E-state index contributed by atoms with van der Waals surface area (Å²) in [4.78, 5) is 29.4. The van der Waals surface area contributed by atoms with Gasteiger partial charge in [0.25, 0.3) is 0 Å². The molecule has 2 aromatic carbocycles. The predicted octanol–water partition coefficient (Wildman–Crippen LogP) is 4.36. The molecule has 0 aliphatic carbocycles. The van der Waals surface area contributed by atoms with E-state index in [0.717, 1.165) is 26.7 Å². The molecule has 1 aliphatic heterocycles. The van der Waals surface area contributed by atoms with Gasteiger partial charge in [-0.2, -0.15) is 0 Å². The van der Waals surface area contributed by atoms with Crippen molar-refractivity contribution in [3.63, 3.8) is 0 Å². The van der Waals surface area contributed by atoms with E-state index in [2.05, 4.69) is 10.3 Å². The number of ether oxygens (including phenoxy) is 2. The van der Waals surface area contributed by atoms with Gasteiger partial charge in [0.2, 0.25) is 5.91 Å². The van der Waals surface area contributed by atoms with Crippen LogP contribution in [0.3, 0.4) is 0 Å². The number of nitrogens with zero attached hydrogens (tertiary/aromatic N) is 1. The van der Waals surface area contributed by atoms with E-state index in [1.165, 1.54) is 11.3 Å². The van der Waals surface area contributed by atoms with Crippen molar-refractivity contribution in [1.82, 2.24) is 4.98 Å². The summed E-state index contributed by atoms with van der Waals surface area (Å²) < 4.78 is 17.6. The minimum atomic E-state index is -0.394. The van der Waals surface area contributed by atoms with Crippen LogP contribution < -0.4 is 20.4 Å². The molecule has 3 heterocycles. The van der Waals surface area contributed by atoms with Crippen LogP contribution >= 0.6 is 11.3 Å². The molecule has 0 atom stereocenters. The highest BCUT2D eigenvalue weighted by atomic mass is 32.1. The zero-order chi connectivity index (χ0) is 21.5. The molecule has 4 aromatic rings. The molecule has 158 valence electrons. The Hall–Kier alpha value is -3.39. The van der Waals surface area contributed by atoms with Crippen LogP contribution in [0, 0.1) is 13.8 Å². The second-order valence-electron chi connectivity index (χ2n) is 7.52. The molecule has 31 heavy (non-hydrogen) atoms. The summed E-state index contributed by atoms with van der Waals surface area (Å²) >= 11 is 1.37. The Morgan fingerprint density at radius 3 is 2.71 bits per heavy atom. The third-order valence-electron chi connectivity index (χ3n) is 5.34. The van der Waals surface area contributed by atoms with Crippen molar-refractivity contribution in [2.45, 2.75) is 26.7 Å². The Balaban J connectivity index is 1.32. The van der Waals surface area contributed by atoms with Crippen molar-refractivity contribution in [3.8, 4) is 11.5 Å². The Morgan fingerprint density at radius 1 is 1.13 bits per heavy atom. The van der Waals surface area contributed by atoms with Gasteiger partial charge in [-0.25, -0.2) is 9.78 Å². The van der Waals surface area contributed by atoms with Gasteiger partial charge >= 0.3 is 5.63 Å². The lowest BCUT2D eigenvalue weighted by molar-refractivity contribution is -0.116. The van der Waals surface area contributed by atoms with Crippen LogP contribution in [-0.4, -0.2) is 24.1 Å². The Labute approximate surface area is 181 Å². The van der Waals surface area contributed by atoms with Crippen LogP contribution in [0.2, 0.25) is 0 Å². The topological polar surface area (TPSA) is 90.7 Å². The predicted molar refractivity (Wildman–Crippen MR) is 120 cm³/mol. The van der Waals surface area contributed by atoms with E-state index in [4.69, 9.17) is 13.9 Å². The molecule has 5 rings (SSSR count). The molecule has 0 fully saturated rings. The number of benzene rings is 2. The van der Waals surface area contributed by atoms with Crippen molar-refractivity contribution in [2.75, 3.05) is 18.5 Å². The highest BCUT2D eigenvalue weighted by molar-refractivity contribution is 7.22. The van der Waals surface area contributed by atoms with Gasteiger partial charge in [-0.3, -0.25) is 4.79 Å². The van der Waals surface area contributed by atoms with E-state index in [9.17, 15) is 9.59 Å². The third-order valence-corrected chi connectivity index (χ3v) is 6.28. The van der Waals surface area contributed by atoms with E-state index in [1.54, 1.807) is 0 Å². The summed E-state index contributed by atoms with van der Waals surface area (Å²) in [5.41, 5.74) is 3.32. The third kappa shape index (κ3) is 3.74. The van der Waals surface area contributed by atoms with Crippen LogP contribution in [0.25, 0.3) is 21.2 Å². The van der Waals surface area contributed by atoms with Gasteiger partial charge in [0.1, 0.15) is 18.8 Å². The number of nitrogens with one attached hydrogen (secondary N) is 1. The molecule has 0 spiro atoms. The first-order chi connectivity index (χ1) is 15.0. The maximum absolute atomic E-state index is 12.5. The van der Waals surface area contributed by atoms with Gasteiger partial charge in [0.15, 0.2) is 16.6 Å². The Kier molecular flexibility index (Phi) is 4.86. The normalized spacial score (nSPS) is 13.0. The number of carbonyl (C=O) groups is 1. The van der Waals surface area contributed by atoms with Crippen LogP contribution in [0.15, 0.2) is 39.5 Å². The lowest BCUT2D eigenvalue weighted by Gasteiger charge is -2.17. The molecule has 1 N–H and O–H groups in total. The summed E-state index contributed by atoms with van der Waals surface area (Å²) in [6.45, 7) is 4.86. The average Bonchev–Trinajstić information content (AvgIpc) is 3.12. The first kappa shape index (κ1) is 19.6. The second kappa shape index (κ2) is 7.70. The summed E-state index contributed by atoms with van der Waals surface area (Å²) in [6, 6.07) is 9.47. The fraction of sp³-hybridized carbons (Fsp3) is 0.261. The van der Waals surface area contributed by atoms with Gasteiger partial charge in [-0.05, 0) is 37.5 Å². The van der Waals surface area contributed by atoms with Crippen LogP contribution in [-0.2, 0) is 11.2 Å². The molecule has 0 bridgehead atoms. The summed E-state index contributed by atoms with van der Waals surface area (Å²) in [5, 5.41) is 4.22. The van der Waals surface area contributed by atoms with Crippen LogP contribution in [0.4, 0.5) is 5.13 Å². The standard InChI is InChI=1S/C23H20N2O5S/c1-12-3-4-14-13(2)15(22(27)30-17(14)9-12)5-6-21(26)25-23-24-16-10-18-19(11-20(16)31-23)29-8-7-28-18/h3-4,9-11H,5-8H2,1-2H3,(H,24,25,26). The summed E-state index contributed by atoms with van der Waals surface area (Å²) in [6.07, 6.45) is 0.451. The van der Waals surface area contributed by atoms with Crippen molar-refractivity contribution >= 4 is 43.6 Å². The number of carbonyl (C=O) groups excluding carboxylic acids is 1. The molecular formula is C23H20N2O5S. The first-order valence-electron chi connectivity index (χ1n) is 10.0. The molecule has 0 radical (unpaired) electrons. The molecule has 0 unspecified atom stereocenters. The van der Waals surface area contributed by atoms with Crippen LogP contribution in [0.1, 0.15) is 23.1 Å². The quantitative estimate of drug-likeness (QED) is 0.478. The fourth-order valence-electron chi connectivity index (χ4n) is 3.73. The number of rotatable bonds is 4. The van der Waals surface area contributed by atoms with Gasteiger partial charge in [-0.1, -0.05) is 23.5 Å². The largest absolute Gasteiger partial charge is 0.486 e. The van der Waals surface area contributed by atoms with E-state index in [1.807, 2.05) is 44.2 Å². The van der Waals surface area contributed by atoms with Crippen molar-refractivity contribution in [3.05, 3.63) is 57.4 Å². The Morgan fingerprint density at radius 2 is 1.90 bits per heavy atom. The van der Waals surface area contributed by atoms with E-state index < -0.39 is 5.63 Å². The first-order valence-corrected chi connectivity index (χ1v) is 10.8. The van der Waals surface area contributed by atoms with Gasteiger partial charge in [-0.15, -0.1) is 0 Å².